The van der Waals surface area contributed by atoms with E-state index in [0.717, 1.165) is 35.1 Å². The first kappa shape index (κ1) is 23.2. The van der Waals surface area contributed by atoms with Crippen LogP contribution in [0.25, 0.3) is 11.1 Å². The van der Waals surface area contributed by atoms with Gasteiger partial charge in [-0.2, -0.15) is 0 Å². The molecule has 0 fully saturated rings. The van der Waals surface area contributed by atoms with E-state index < -0.39 is 0 Å². The van der Waals surface area contributed by atoms with Gasteiger partial charge in [0.25, 0.3) is 0 Å². The van der Waals surface area contributed by atoms with Gasteiger partial charge in [-0.15, -0.1) is 11.8 Å². The van der Waals surface area contributed by atoms with Gasteiger partial charge >= 0.3 is 0 Å². The maximum atomic E-state index is 13.0. The van der Waals surface area contributed by atoms with Gasteiger partial charge in [-0.1, -0.05) is 36.4 Å². The predicted molar refractivity (Wildman–Crippen MR) is 134 cm³/mol. The molecule has 0 amide bonds. The third kappa shape index (κ3) is 4.59. The Morgan fingerprint density at radius 3 is 2.39 bits per heavy atom. The van der Waals surface area contributed by atoms with Crippen molar-refractivity contribution < 1.29 is 14.2 Å². The molecular weight excluding hydrogens is 434 g/mol. The van der Waals surface area contributed by atoms with Gasteiger partial charge < -0.3 is 19.5 Å². The van der Waals surface area contributed by atoms with E-state index in [-0.39, 0.29) is 11.5 Å². The highest BCUT2D eigenvalue weighted by molar-refractivity contribution is 7.98. The van der Waals surface area contributed by atoms with Gasteiger partial charge in [-0.05, 0) is 59.6 Å². The fourth-order valence-corrected chi connectivity index (χ4v) is 4.98. The Kier molecular flexibility index (Phi) is 7.26. The van der Waals surface area contributed by atoms with Crippen molar-refractivity contribution in [3.05, 3.63) is 81.5 Å². The average molecular weight is 464 g/mol. The molecule has 0 heterocycles. The molecule has 33 heavy (non-hydrogen) atoms. The van der Waals surface area contributed by atoms with Crippen LogP contribution in [-0.4, -0.2) is 27.6 Å². The Bertz CT molecular complexity index is 1200. The molecule has 0 bridgehead atoms. The van der Waals surface area contributed by atoms with Crippen molar-refractivity contribution in [2.24, 2.45) is 0 Å². The molecule has 1 N–H and O–H groups in total. The van der Waals surface area contributed by atoms with Crippen LogP contribution >= 0.6 is 11.8 Å². The van der Waals surface area contributed by atoms with E-state index in [0.29, 0.717) is 28.7 Å². The van der Waals surface area contributed by atoms with Crippen molar-refractivity contribution in [2.45, 2.75) is 30.3 Å². The first-order chi connectivity index (χ1) is 16.1. The molecule has 0 aromatic heterocycles. The molecule has 0 unspecified atom stereocenters. The van der Waals surface area contributed by atoms with Crippen LogP contribution in [-0.2, 0) is 13.0 Å². The van der Waals surface area contributed by atoms with E-state index >= 15 is 0 Å². The zero-order valence-corrected chi connectivity index (χ0v) is 20.3. The maximum absolute atomic E-state index is 13.0. The fourth-order valence-electron chi connectivity index (χ4n) is 4.52. The minimum absolute atomic E-state index is 0.00380. The first-order valence-corrected chi connectivity index (χ1v) is 12.2. The second kappa shape index (κ2) is 10.3. The lowest BCUT2D eigenvalue weighted by Crippen LogP contribution is -2.22. The van der Waals surface area contributed by atoms with Gasteiger partial charge in [0.1, 0.15) is 0 Å². The third-order valence-electron chi connectivity index (χ3n) is 6.12. The molecule has 0 spiro atoms. The van der Waals surface area contributed by atoms with Crippen LogP contribution in [0.5, 0.6) is 17.2 Å². The lowest BCUT2D eigenvalue weighted by molar-refractivity contribution is 0.324. The third-order valence-corrected chi connectivity index (χ3v) is 6.89. The molecule has 172 valence electrons. The largest absolute Gasteiger partial charge is 0.493 e. The van der Waals surface area contributed by atoms with E-state index in [9.17, 15) is 4.79 Å². The van der Waals surface area contributed by atoms with E-state index in [4.69, 9.17) is 14.2 Å². The van der Waals surface area contributed by atoms with Crippen LogP contribution in [0.3, 0.4) is 0 Å². The van der Waals surface area contributed by atoms with Gasteiger partial charge in [-0.25, -0.2) is 0 Å². The summed E-state index contributed by atoms with van der Waals surface area (Å²) in [6.07, 6.45) is 3.57. The van der Waals surface area contributed by atoms with Gasteiger partial charge in [0.2, 0.25) is 5.75 Å². The average Bonchev–Trinajstić information content (AvgIpc) is 3.10. The summed E-state index contributed by atoms with van der Waals surface area (Å²) < 4.78 is 17.1. The molecule has 5 nitrogen and oxygen atoms in total. The summed E-state index contributed by atoms with van der Waals surface area (Å²) in [7, 11) is 4.89. The molecule has 0 saturated carbocycles. The topological polar surface area (TPSA) is 56.8 Å². The Hall–Kier alpha value is -2.96. The lowest BCUT2D eigenvalue weighted by Gasteiger charge is -2.20. The molecule has 0 radical (unpaired) electrons. The minimum atomic E-state index is 0.00380. The van der Waals surface area contributed by atoms with Crippen LogP contribution in [0.2, 0.25) is 0 Å². The van der Waals surface area contributed by atoms with Crippen molar-refractivity contribution in [1.82, 2.24) is 5.32 Å². The normalized spacial score (nSPS) is 14.6. The minimum Gasteiger partial charge on any atom is -0.493 e. The Labute approximate surface area is 199 Å². The monoisotopic (exact) mass is 463 g/mol. The zero-order valence-electron chi connectivity index (χ0n) is 19.4. The first-order valence-electron chi connectivity index (χ1n) is 10.9. The Balaban J connectivity index is 1.92. The number of ether oxygens (including phenoxy) is 3. The van der Waals surface area contributed by atoms with Crippen LogP contribution in [0.4, 0.5) is 0 Å². The predicted octanol–water partition coefficient (Wildman–Crippen LogP) is 5.24. The number of aryl methyl sites for hydroxylation is 1. The number of thioether (sulfide) groups is 1. The number of benzene rings is 2. The van der Waals surface area contributed by atoms with Crippen LogP contribution < -0.4 is 25.0 Å². The standard InChI is InChI=1S/C27H29NO4S/c1-30-23-14-18-10-12-21(28-16-17-8-6-5-7-9-17)20-15-22(29)24(33-4)13-11-19(20)25(18)27(32-3)26(23)31-2/h5-9,11,13-15,21,28H,10,12,16H2,1-4H3/t21-/m0/s1. The lowest BCUT2D eigenvalue weighted by atomic mass is 9.95. The van der Waals surface area contributed by atoms with E-state index in [2.05, 4.69) is 17.4 Å². The molecule has 1 atom stereocenters. The summed E-state index contributed by atoms with van der Waals surface area (Å²) in [5.74, 6) is 1.82. The van der Waals surface area contributed by atoms with Gasteiger partial charge in [0, 0.05) is 18.2 Å². The molecule has 0 saturated heterocycles. The highest BCUT2D eigenvalue weighted by Gasteiger charge is 2.28. The van der Waals surface area contributed by atoms with Crippen molar-refractivity contribution in [2.75, 3.05) is 27.6 Å². The summed E-state index contributed by atoms with van der Waals surface area (Å²) in [4.78, 5) is 13.7. The van der Waals surface area contributed by atoms with E-state index in [1.54, 1.807) is 27.4 Å². The van der Waals surface area contributed by atoms with Crippen LogP contribution in [0.15, 0.2) is 64.3 Å². The molecule has 3 aromatic rings. The fraction of sp³-hybridized carbons (Fsp3) is 0.296. The molecule has 3 aromatic carbocycles. The van der Waals surface area contributed by atoms with E-state index in [1.165, 1.54) is 17.3 Å². The molecule has 0 aliphatic heterocycles. The number of hydrogen-bond acceptors (Lipinski definition) is 6. The van der Waals surface area contributed by atoms with Crippen molar-refractivity contribution in [3.63, 3.8) is 0 Å². The number of methoxy groups -OCH3 is 3. The summed E-state index contributed by atoms with van der Waals surface area (Å²) >= 11 is 1.46. The highest BCUT2D eigenvalue weighted by Crippen LogP contribution is 2.50. The van der Waals surface area contributed by atoms with Crippen molar-refractivity contribution in [1.29, 1.82) is 0 Å². The van der Waals surface area contributed by atoms with Crippen molar-refractivity contribution >= 4 is 11.8 Å². The highest BCUT2D eigenvalue weighted by atomic mass is 32.2. The molecule has 6 heteroatoms. The van der Waals surface area contributed by atoms with Gasteiger partial charge in [-0.3, -0.25) is 4.79 Å². The summed E-state index contributed by atoms with van der Waals surface area (Å²) in [5, 5.41) is 3.69. The molecule has 4 rings (SSSR count). The SMILES string of the molecule is COc1cc2c(c(OC)c1OC)-c1ccc(SC)c(=O)cc1[C@@H](NCc1ccccc1)CC2. The summed E-state index contributed by atoms with van der Waals surface area (Å²) in [6, 6.07) is 18.1. The van der Waals surface area contributed by atoms with Crippen LogP contribution in [0.1, 0.15) is 29.2 Å². The number of hydrogen-bond donors (Lipinski definition) is 1. The molecular formula is C27H29NO4S. The summed E-state index contributed by atoms with van der Waals surface area (Å²) in [6.45, 7) is 0.716. The molecule has 1 aliphatic rings. The number of nitrogens with one attached hydrogen (secondary N) is 1. The van der Waals surface area contributed by atoms with Crippen molar-refractivity contribution in [3.8, 4) is 28.4 Å². The second-order valence-corrected chi connectivity index (χ2v) is 8.76. The number of rotatable bonds is 7. The zero-order chi connectivity index (χ0) is 23.4. The molecule has 1 aliphatic carbocycles. The smallest absolute Gasteiger partial charge is 0.203 e. The maximum Gasteiger partial charge on any atom is 0.203 e. The number of fused-ring (bicyclic) bond motifs is 3. The van der Waals surface area contributed by atoms with E-state index in [1.807, 2.05) is 42.7 Å². The second-order valence-electron chi connectivity index (χ2n) is 7.92. The van der Waals surface area contributed by atoms with Gasteiger partial charge in [0.05, 0.1) is 26.2 Å². The summed E-state index contributed by atoms with van der Waals surface area (Å²) in [5.41, 5.74) is 5.24. The Morgan fingerprint density at radius 2 is 1.73 bits per heavy atom. The Morgan fingerprint density at radius 1 is 0.970 bits per heavy atom. The quantitative estimate of drug-likeness (QED) is 0.484. The van der Waals surface area contributed by atoms with Crippen LogP contribution in [0, 0.1) is 0 Å². The van der Waals surface area contributed by atoms with Gasteiger partial charge in [0.15, 0.2) is 16.9 Å².